The molecule has 2 aliphatic rings. The quantitative estimate of drug-likeness (QED) is 0.655. The lowest BCUT2D eigenvalue weighted by Crippen LogP contribution is -2.54. The van der Waals surface area contributed by atoms with Crippen molar-refractivity contribution < 1.29 is 23.9 Å². The van der Waals surface area contributed by atoms with Gasteiger partial charge in [-0.15, -0.1) is 0 Å². The number of hydrogen-bond donors (Lipinski definition) is 1. The van der Waals surface area contributed by atoms with E-state index in [0.29, 0.717) is 0 Å². The number of amides is 4. The molecule has 1 unspecified atom stereocenters. The van der Waals surface area contributed by atoms with Crippen molar-refractivity contribution in [2.24, 2.45) is 0 Å². The Morgan fingerprint density at radius 3 is 2.71 bits per heavy atom. The highest BCUT2D eigenvalue weighted by atomic mass is 16.5. The molecule has 0 saturated carbocycles. The molecule has 1 saturated heterocycles. The Hall–Kier alpha value is -4.07. The number of pyridine rings is 1. The molecule has 0 radical (unpaired) electrons. The van der Waals surface area contributed by atoms with Crippen LogP contribution < -0.4 is 10.1 Å². The topological polar surface area (TPSA) is 106 Å². The largest absolute Gasteiger partial charge is 0.488 e. The third-order valence-corrected chi connectivity index (χ3v) is 5.47. The first-order chi connectivity index (χ1) is 15.0. The van der Waals surface area contributed by atoms with Crippen molar-refractivity contribution in [1.29, 1.82) is 0 Å². The molecule has 1 fully saturated rings. The van der Waals surface area contributed by atoms with Crippen LogP contribution in [-0.4, -0.2) is 39.6 Å². The SMILES string of the molecule is O=C1CCC(N2C(=O)c3cccc(OCc4cnc5ccccc5c4)c3C2=O)C(=O)N1. The zero-order valence-electron chi connectivity index (χ0n) is 16.3. The summed E-state index contributed by atoms with van der Waals surface area (Å²) in [6.07, 6.45) is 1.88. The van der Waals surface area contributed by atoms with Crippen LogP contribution in [0.4, 0.5) is 0 Å². The number of para-hydroxylation sites is 1. The molecule has 0 spiro atoms. The highest BCUT2D eigenvalue weighted by Gasteiger charge is 2.45. The van der Waals surface area contributed by atoms with Gasteiger partial charge in [0, 0.05) is 23.6 Å². The van der Waals surface area contributed by atoms with E-state index in [4.69, 9.17) is 4.74 Å². The second-order valence-electron chi connectivity index (χ2n) is 7.45. The summed E-state index contributed by atoms with van der Waals surface area (Å²) in [6, 6.07) is 13.4. The third-order valence-electron chi connectivity index (χ3n) is 5.47. The van der Waals surface area contributed by atoms with E-state index in [9.17, 15) is 19.2 Å². The van der Waals surface area contributed by atoms with Crippen LogP contribution in [0.25, 0.3) is 10.9 Å². The van der Waals surface area contributed by atoms with E-state index >= 15 is 0 Å². The summed E-state index contributed by atoms with van der Waals surface area (Å²) >= 11 is 0. The van der Waals surface area contributed by atoms with Gasteiger partial charge in [-0.25, -0.2) is 0 Å². The standard InChI is InChI=1S/C23H17N3O5/c27-19-9-8-17(21(28)25-19)26-22(29)15-5-3-7-18(20(15)23(26)30)31-12-13-10-14-4-1-2-6-16(14)24-11-13/h1-7,10-11,17H,8-9,12H2,(H,25,27,28). The molecule has 0 aliphatic carbocycles. The lowest BCUT2D eigenvalue weighted by Gasteiger charge is -2.27. The number of fused-ring (bicyclic) bond motifs is 2. The molecule has 0 bridgehead atoms. The van der Waals surface area contributed by atoms with Gasteiger partial charge >= 0.3 is 0 Å². The number of rotatable bonds is 4. The van der Waals surface area contributed by atoms with Crippen molar-refractivity contribution in [3.63, 3.8) is 0 Å². The Kier molecular flexibility index (Phi) is 4.47. The lowest BCUT2D eigenvalue weighted by molar-refractivity contribution is -0.136. The van der Waals surface area contributed by atoms with Crippen molar-refractivity contribution in [2.45, 2.75) is 25.5 Å². The fourth-order valence-corrected chi connectivity index (χ4v) is 3.96. The zero-order chi connectivity index (χ0) is 21.5. The number of carbonyl (C=O) groups excluding carboxylic acids is 4. The zero-order valence-corrected chi connectivity index (χ0v) is 16.3. The van der Waals surface area contributed by atoms with Crippen molar-refractivity contribution in [1.82, 2.24) is 15.2 Å². The Morgan fingerprint density at radius 2 is 1.87 bits per heavy atom. The maximum absolute atomic E-state index is 13.1. The number of aromatic nitrogens is 1. The summed E-state index contributed by atoms with van der Waals surface area (Å²) in [6.45, 7) is 0.161. The number of hydrogen-bond acceptors (Lipinski definition) is 6. The molecule has 154 valence electrons. The molecule has 8 heteroatoms. The first kappa shape index (κ1) is 18.9. The Morgan fingerprint density at radius 1 is 1.03 bits per heavy atom. The van der Waals surface area contributed by atoms with Crippen molar-refractivity contribution in [3.05, 3.63) is 71.4 Å². The van der Waals surface area contributed by atoms with E-state index in [1.165, 1.54) is 6.07 Å². The predicted octanol–water partition coefficient (Wildman–Crippen LogP) is 2.21. The molecule has 2 aliphatic heterocycles. The number of nitrogens with zero attached hydrogens (tertiary/aromatic N) is 2. The van der Waals surface area contributed by atoms with Crippen LogP contribution in [0.1, 0.15) is 39.1 Å². The number of ether oxygens (including phenoxy) is 1. The second-order valence-corrected chi connectivity index (χ2v) is 7.45. The van der Waals surface area contributed by atoms with Crippen molar-refractivity contribution >= 4 is 34.5 Å². The first-order valence-corrected chi connectivity index (χ1v) is 9.84. The minimum absolute atomic E-state index is 0.0716. The normalized spacial score (nSPS) is 18.3. The Bertz CT molecular complexity index is 1270. The molecule has 4 amide bonds. The maximum atomic E-state index is 13.1. The van der Waals surface area contributed by atoms with Gasteiger partial charge in [0.2, 0.25) is 11.8 Å². The fourth-order valence-electron chi connectivity index (χ4n) is 3.96. The van der Waals surface area contributed by atoms with Crippen LogP contribution in [0.5, 0.6) is 5.75 Å². The van der Waals surface area contributed by atoms with Crippen LogP contribution in [0.3, 0.4) is 0 Å². The summed E-state index contributed by atoms with van der Waals surface area (Å²) in [7, 11) is 0. The van der Waals surface area contributed by atoms with Crippen molar-refractivity contribution in [3.8, 4) is 5.75 Å². The highest BCUT2D eigenvalue weighted by Crippen LogP contribution is 2.34. The van der Waals surface area contributed by atoms with E-state index in [2.05, 4.69) is 10.3 Å². The average Bonchev–Trinajstić information content (AvgIpc) is 3.03. The van der Waals surface area contributed by atoms with Crippen LogP contribution in [0, 0.1) is 0 Å². The van der Waals surface area contributed by atoms with Gasteiger partial charge in [-0.3, -0.25) is 34.4 Å². The summed E-state index contributed by atoms with van der Waals surface area (Å²) in [5, 5.41) is 3.16. The molecular formula is C23H17N3O5. The summed E-state index contributed by atoms with van der Waals surface area (Å²) in [5.41, 5.74) is 2.00. The minimum atomic E-state index is -1.01. The Labute approximate surface area is 176 Å². The minimum Gasteiger partial charge on any atom is -0.488 e. The monoisotopic (exact) mass is 415 g/mol. The molecule has 5 rings (SSSR count). The van der Waals surface area contributed by atoms with Gasteiger partial charge in [0.05, 0.1) is 16.6 Å². The predicted molar refractivity (Wildman–Crippen MR) is 109 cm³/mol. The van der Waals surface area contributed by atoms with Gasteiger partial charge in [-0.1, -0.05) is 24.3 Å². The van der Waals surface area contributed by atoms with E-state index in [-0.39, 0.29) is 36.3 Å². The first-order valence-electron chi connectivity index (χ1n) is 9.84. The Balaban J connectivity index is 1.41. The maximum Gasteiger partial charge on any atom is 0.266 e. The van der Waals surface area contributed by atoms with Gasteiger partial charge in [0.15, 0.2) is 0 Å². The highest BCUT2D eigenvalue weighted by molar-refractivity contribution is 6.24. The van der Waals surface area contributed by atoms with E-state index in [0.717, 1.165) is 21.4 Å². The van der Waals surface area contributed by atoms with Crippen LogP contribution in [0.2, 0.25) is 0 Å². The van der Waals surface area contributed by atoms with E-state index in [1.807, 2.05) is 30.3 Å². The van der Waals surface area contributed by atoms with Crippen LogP contribution in [-0.2, 0) is 16.2 Å². The fraction of sp³-hybridized carbons (Fsp3) is 0.174. The van der Waals surface area contributed by atoms with Gasteiger partial charge in [-0.2, -0.15) is 0 Å². The number of benzene rings is 2. The lowest BCUT2D eigenvalue weighted by atomic mass is 10.0. The van der Waals surface area contributed by atoms with Gasteiger partial charge in [-0.05, 0) is 30.7 Å². The van der Waals surface area contributed by atoms with Crippen molar-refractivity contribution in [2.75, 3.05) is 0 Å². The average molecular weight is 415 g/mol. The molecular weight excluding hydrogens is 398 g/mol. The molecule has 2 aromatic carbocycles. The number of piperidine rings is 1. The summed E-state index contributed by atoms with van der Waals surface area (Å²) in [4.78, 5) is 54.9. The molecule has 3 heterocycles. The number of nitrogens with one attached hydrogen (secondary N) is 1. The molecule has 1 atom stereocenters. The summed E-state index contributed by atoms with van der Waals surface area (Å²) < 4.78 is 5.89. The second kappa shape index (κ2) is 7.32. The van der Waals surface area contributed by atoms with Gasteiger partial charge < -0.3 is 4.74 Å². The van der Waals surface area contributed by atoms with E-state index in [1.54, 1.807) is 18.3 Å². The smallest absolute Gasteiger partial charge is 0.266 e. The van der Waals surface area contributed by atoms with E-state index < -0.39 is 29.7 Å². The molecule has 8 nitrogen and oxygen atoms in total. The van der Waals surface area contributed by atoms with Gasteiger partial charge in [0.1, 0.15) is 18.4 Å². The molecule has 1 aromatic heterocycles. The van der Waals surface area contributed by atoms with Crippen LogP contribution in [0.15, 0.2) is 54.7 Å². The molecule has 31 heavy (non-hydrogen) atoms. The third kappa shape index (κ3) is 3.22. The van der Waals surface area contributed by atoms with Crippen LogP contribution >= 0.6 is 0 Å². The molecule has 1 N–H and O–H groups in total. The number of carbonyl (C=O) groups is 4. The molecule has 3 aromatic rings. The summed E-state index contributed by atoms with van der Waals surface area (Å²) in [5.74, 6) is -1.95. The number of imide groups is 2. The van der Waals surface area contributed by atoms with Gasteiger partial charge in [0.25, 0.3) is 11.8 Å².